The lowest BCUT2D eigenvalue weighted by molar-refractivity contribution is 0.164. The van der Waals surface area contributed by atoms with Gasteiger partial charge >= 0.3 is 0 Å². The quantitative estimate of drug-likeness (QED) is 0.282. The molecule has 0 bridgehead atoms. The Morgan fingerprint density at radius 2 is 2.00 bits per heavy atom. The highest BCUT2D eigenvalue weighted by molar-refractivity contribution is 14.0. The number of thiazole rings is 1. The summed E-state index contributed by atoms with van der Waals surface area (Å²) in [4.78, 5) is 16.4. The minimum atomic E-state index is 0. The zero-order valence-electron chi connectivity index (χ0n) is 19.4. The number of hydrogen-bond acceptors (Lipinski definition) is 6. The minimum Gasteiger partial charge on any atom is -0.444 e. The van der Waals surface area contributed by atoms with Crippen molar-refractivity contribution < 1.29 is 4.42 Å². The summed E-state index contributed by atoms with van der Waals surface area (Å²) >= 11 is 1.70. The van der Waals surface area contributed by atoms with Gasteiger partial charge in [-0.05, 0) is 58.5 Å². The van der Waals surface area contributed by atoms with Gasteiger partial charge in [0.15, 0.2) is 5.96 Å². The number of nitrogens with one attached hydrogen (secondary N) is 2. The van der Waals surface area contributed by atoms with Gasteiger partial charge in [-0.15, -0.1) is 35.3 Å². The van der Waals surface area contributed by atoms with Crippen molar-refractivity contribution in [1.82, 2.24) is 25.5 Å². The van der Waals surface area contributed by atoms with Crippen molar-refractivity contribution in [3.05, 3.63) is 33.4 Å². The normalized spacial score (nSPS) is 15.9. The van der Waals surface area contributed by atoms with Crippen molar-refractivity contribution in [2.24, 2.45) is 10.9 Å². The molecular weight excluding hydrogens is 523 g/mol. The summed E-state index contributed by atoms with van der Waals surface area (Å²) in [5.74, 6) is 3.77. The van der Waals surface area contributed by atoms with Crippen LogP contribution in [0.25, 0.3) is 0 Å². The second-order valence-electron chi connectivity index (χ2n) is 8.37. The molecule has 9 heteroatoms. The maximum absolute atomic E-state index is 5.73. The Labute approximate surface area is 207 Å². The lowest BCUT2D eigenvalue weighted by Gasteiger charge is -2.31. The number of oxazole rings is 1. The van der Waals surface area contributed by atoms with Crippen LogP contribution in [0.4, 0.5) is 0 Å². The molecule has 2 aromatic heterocycles. The first-order chi connectivity index (χ1) is 14.4. The van der Waals surface area contributed by atoms with E-state index in [9.17, 15) is 0 Å². The Hall–Kier alpha value is -1.20. The molecule has 0 spiro atoms. The number of rotatable bonds is 8. The molecule has 7 nitrogen and oxygen atoms in total. The van der Waals surface area contributed by atoms with E-state index in [0.29, 0.717) is 18.4 Å². The van der Waals surface area contributed by atoms with Crippen LogP contribution in [0.5, 0.6) is 0 Å². The molecule has 3 rings (SSSR count). The summed E-state index contributed by atoms with van der Waals surface area (Å²) in [5.41, 5.74) is 2.16. The number of halogens is 1. The summed E-state index contributed by atoms with van der Waals surface area (Å²) in [7, 11) is 0. The van der Waals surface area contributed by atoms with Crippen LogP contribution < -0.4 is 10.6 Å². The van der Waals surface area contributed by atoms with Crippen molar-refractivity contribution >= 4 is 41.3 Å². The maximum Gasteiger partial charge on any atom is 0.208 e. The Balaban J connectivity index is 0.00000341. The highest BCUT2D eigenvalue weighted by atomic mass is 127. The molecular formula is C22H37IN6OS. The van der Waals surface area contributed by atoms with E-state index in [4.69, 9.17) is 9.41 Å². The van der Waals surface area contributed by atoms with Crippen LogP contribution in [0.3, 0.4) is 0 Å². The average molecular weight is 561 g/mol. The molecule has 3 heterocycles. The van der Waals surface area contributed by atoms with Crippen LogP contribution in [0.1, 0.15) is 67.6 Å². The van der Waals surface area contributed by atoms with Crippen LogP contribution in [-0.4, -0.2) is 47.0 Å². The first-order valence-corrected chi connectivity index (χ1v) is 11.9. The van der Waals surface area contributed by atoms with Gasteiger partial charge in [-0.1, -0.05) is 13.8 Å². The maximum atomic E-state index is 5.73. The van der Waals surface area contributed by atoms with E-state index < -0.39 is 0 Å². The Bertz CT molecular complexity index is 806. The molecule has 0 amide bonds. The molecule has 1 saturated heterocycles. The molecule has 1 aliphatic rings. The molecule has 0 radical (unpaired) electrons. The zero-order chi connectivity index (χ0) is 21.5. The molecule has 0 atom stereocenters. The number of hydrogen-bond donors (Lipinski definition) is 2. The van der Waals surface area contributed by atoms with Crippen LogP contribution in [0, 0.1) is 19.8 Å². The van der Waals surface area contributed by atoms with Gasteiger partial charge in [-0.25, -0.2) is 15.0 Å². The summed E-state index contributed by atoms with van der Waals surface area (Å²) < 4.78 is 5.73. The first-order valence-electron chi connectivity index (χ1n) is 11.1. The second kappa shape index (κ2) is 12.7. The van der Waals surface area contributed by atoms with E-state index in [1.54, 1.807) is 11.3 Å². The van der Waals surface area contributed by atoms with E-state index in [1.807, 2.05) is 13.8 Å². The van der Waals surface area contributed by atoms with Crippen LogP contribution in [0.15, 0.2) is 14.8 Å². The third-order valence-electron chi connectivity index (χ3n) is 5.57. The SMILES string of the molecule is CCNC(=NCc1nc(C(C)C)cs1)NCC1CCN(Cc2nc(C)c(C)o2)CC1.I. The predicted molar refractivity (Wildman–Crippen MR) is 138 cm³/mol. The van der Waals surface area contributed by atoms with Crippen LogP contribution in [-0.2, 0) is 13.1 Å². The Morgan fingerprint density at radius 3 is 2.58 bits per heavy atom. The van der Waals surface area contributed by atoms with E-state index in [0.717, 1.165) is 66.7 Å². The number of piperidine rings is 1. The smallest absolute Gasteiger partial charge is 0.208 e. The molecule has 2 aromatic rings. The van der Waals surface area contributed by atoms with Crippen molar-refractivity contribution in [3.63, 3.8) is 0 Å². The molecule has 0 aliphatic carbocycles. The van der Waals surface area contributed by atoms with Gasteiger partial charge in [0, 0.05) is 18.5 Å². The van der Waals surface area contributed by atoms with Crippen molar-refractivity contribution in [2.45, 2.75) is 66.5 Å². The Morgan fingerprint density at radius 1 is 1.26 bits per heavy atom. The number of likely N-dealkylation sites (tertiary alicyclic amines) is 1. The van der Waals surface area contributed by atoms with Gasteiger partial charge in [-0.3, -0.25) is 4.90 Å². The van der Waals surface area contributed by atoms with Gasteiger partial charge in [-0.2, -0.15) is 0 Å². The van der Waals surface area contributed by atoms with Gasteiger partial charge in [0.25, 0.3) is 0 Å². The summed E-state index contributed by atoms with van der Waals surface area (Å²) in [5, 5.41) is 10.1. The minimum absolute atomic E-state index is 0. The lowest BCUT2D eigenvalue weighted by atomic mass is 9.97. The molecule has 0 aromatic carbocycles. The van der Waals surface area contributed by atoms with E-state index >= 15 is 0 Å². The first kappa shape index (κ1) is 26.1. The third kappa shape index (κ3) is 8.02. The number of nitrogens with zero attached hydrogens (tertiary/aromatic N) is 4. The number of aromatic nitrogens is 2. The fourth-order valence-corrected chi connectivity index (χ4v) is 4.42. The van der Waals surface area contributed by atoms with Gasteiger partial charge in [0.05, 0.1) is 24.5 Å². The third-order valence-corrected chi connectivity index (χ3v) is 6.43. The molecule has 1 fully saturated rings. The van der Waals surface area contributed by atoms with Crippen molar-refractivity contribution in [3.8, 4) is 0 Å². The highest BCUT2D eigenvalue weighted by Gasteiger charge is 2.21. The van der Waals surface area contributed by atoms with Crippen molar-refractivity contribution in [1.29, 1.82) is 0 Å². The summed E-state index contributed by atoms with van der Waals surface area (Å²) in [6, 6.07) is 0. The summed E-state index contributed by atoms with van der Waals surface area (Å²) in [6.07, 6.45) is 2.35. The van der Waals surface area contributed by atoms with Crippen LogP contribution >= 0.6 is 35.3 Å². The van der Waals surface area contributed by atoms with E-state index in [1.165, 1.54) is 12.8 Å². The van der Waals surface area contributed by atoms with E-state index in [-0.39, 0.29) is 24.0 Å². The van der Waals surface area contributed by atoms with Gasteiger partial charge < -0.3 is 15.1 Å². The molecule has 0 unspecified atom stereocenters. The van der Waals surface area contributed by atoms with Crippen LogP contribution in [0.2, 0.25) is 0 Å². The molecule has 1 aliphatic heterocycles. The molecule has 174 valence electrons. The number of aryl methyl sites for hydroxylation is 2. The largest absolute Gasteiger partial charge is 0.444 e. The number of aliphatic imine (C=N–C) groups is 1. The Kier molecular flexibility index (Phi) is 10.7. The van der Waals surface area contributed by atoms with Gasteiger partial charge in [0.1, 0.15) is 10.8 Å². The standard InChI is InChI=1S/C22H36N6OS.HI/c1-6-23-22(25-12-21-27-19(14-30-21)15(2)3)24-11-18-7-9-28(10-8-18)13-20-26-16(4)17(5)29-20;/h14-15,18H,6-13H2,1-5H3,(H2,23,24,25);1H. The van der Waals surface area contributed by atoms with Crippen molar-refractivity contribution in [2.75, 3.05) is 26.2 Å². The predicted octanol–water partition coefficient (Wildman–Crippen LogP) is 4.46. The molecule has 0 saturated carbocycles. The second-order valence-corrected chi connectivity index (χ2v) is 9.31. The fourth-order valence-electron chi connectivity index (χ4n) is 3.54. The number of guanidine groups is 1. The molecule has 31 heavy (non-hydrogen) atoms. The lowest BCUT2D eigenvalue weighted by Crippen LogP contribution is -2.42. The topological polar surface area (TPSA) is 78.6 Å². The fraction of sp³-hybridized carbons (Fsp3) is 0.682. The summed E-state index contributed by atoms with van der Waals surface area (Å²) in [6.45, 7) is 15.8. The average Bonchev–Trinajstić information content (AvgIpc) is 3.32. The highest BCUT2D eigenvalue weighted by Crippen LogP contribution is 2.20. The van der Waals surface area contributed by atoms with E-state index in [2.05, 4.69) is 51.7 Å². The zero-order valence-corrected chi connectivity index (χ0v) is 22.5. The van der Waals surface area contributed by atoms with Gasteiger partial charge in [0.2, 0.25) is 5.89 Å². The molecule has 2 N–H and O–H groups in total. The monoisotopic (exact) mass is 560 g/mol.